The second kappa shape index (κ2) is 8.53. The lowest BCUT2D eigenvalue weighted by atomic mass is 10.2. The molecule has 136 valence electrons. The second-order valence-electron chi connectivity index (χ2n) is 5.95. The van der Waals surface area contributed by atoms with Crippen LogP contribution in [-0.2, 0) is 19.5 Å². The average molecular weight is 359 g/mol. The van der Waals surface area contributed by atoms with Crippen molar-refractivity contribution >= 4 is 0 Å². The van der Waals surface area contributed by atoms with Crippen molar-refractivity contribution in [2.75, 3.05) is 7.05 Å². The summed E-state index contributed by atoms with van der Waals surface area (Å²) in [7, 11) is 1.92. The summed E-state index contributed by atoms with van der Waals surface area (Å²) in [6.45, 7) is -1.70. The molecule has 0 fully saturated rings. The third kappa shape index (κ3) is 5.35. The monoisotopic (exact) mass is 359 g/mol. The molecule has 1 aromatic heterocycles. The average Bonchev–Trinajstić information content (AvgIpc) is 3.04. The minimum atomic E-state index is -2.81. The standard InChI is InChI=1S/C19H19F2N3O2/c1-24(12-15-7-9-16(10-8-15)25-19(20)21)13-18-23-22-17(26-18)11-14-5-3-2-4-6-14/h2-10,19H,11-13H2,1H3. The van der Waals surface area contributed by atoms with Crippen LogP contribution in [-0.4, -0.2) is 28.8 Å². The summed E-state index contributed by atoms with van der Waals surface area (Å²) in [5, 5.41) is 8.16. The molecule has 0 aliphatic carbocycles. The molecule has 0 spiro atoms. The fourth-order valence-electron chi connectivity index (χ4n) is 2.57. The molecule has 5 nitrogen and oxygen atoms in total. The van der Waals surface area contributed by atoms with E-state index in [1.165, 1.54) is 12.1 Å². The van der Waals surface area contributed by atoms with Gasteiger partial charge in [0.1, 0.15) is 5.75 Å². The third-order valence-electron chi connectivity index (χ3n) is 3.71. The van der Waals surface area contributed by atoms with Crippen molar-refractivity contribution in [1.82, 2.24) is 15.1 Å². The number of hydrogen-bond acceptors (Lipinski definition) is 5. The molecule has 7 heteroatoms. The van der Waals surface area contributed by atoms with E-state index in [1.807, 2.05) is 42.3 Å². The normalized spacial score (nSPS) is 11.3. The van der Waals surface area contributed by atoms with Crippen LogP contribution in [0.15, 0.2) is 59.0 Å². The fourth-order valence-corrected chi connectivity index (χ4v) is 2.57. The molecule has 26 heavy (non-hydrogen) atoms. The van der Waals surface area contributed by atoms with Gasteiger partial charge in [-0.3, -0.25) is 4.90 Å². The predicted octanol–water partition coefficient (Wildman–Crippen LogP) is 3.89. The van der Waals surface area contributed by atoms with Crippen LogP contribution in [0.4, 0.5) is 8.78 Å². The molecule has 0 saturated carbocycles. The molecule has 0 saturated heterocycles. The molecule has 3 rings (SSSR count). The van der Waals surface area contributed by atoms with Crippen molar-refractivity contribution < 1.29 is 17.9 Å². The molecule has 0 N–H and O–H groups in total. The number of hydrogen-bond donors (Lipinski definition) is 0. The quantitative estimate of drug-likeness (QED) is 0.611. The minimum absolute atomic E-state index is 0.147. The van der Waals surface area contributed by atoms with Gasteiger partial charge in [-0.2, -0.15) is 8.78 Å². The molecule has 0 bridgehead atoms. The Labute approximate surface area is 150 Å². The first-order chi connectivity index (χ1) is 12.6. The summed E-state index contributed by atoms with van der Waals surface area (Å²) < 4.78 is 34.4. The lowest BCUT2D eigenvalue weighted by Crippen LogP contribution is -2.17. The number of rotatable bonds is 8. The first kappa shape index (κ1) is 18.0. The van der Waals surface area contributed by atoms with Gasteiger partial charge in [0.25, 0.3) is 0 Å². The van der Waals surface area contributed by atoms with Crippen molar-refractivity contribution in [3.05, 3.63) is 77.5 Å². The topological polar surface area (TPSA) is 51.4 Å². The molecule has 0 radical (unpaired) electrons. The van der Waals surface area contributed by atoms with E-state index >= 15 is 0 Å². The second-order valence-corrected chi connectivity index (χ2v) is 5.95. The van der Waals surface area contributed by atoms with Gasteiger partial charge in [-0.25, -0.2) is 0 Å². The van der Waals surface area contributed by atoms with E-state index in [0.29, 0.717) is 31.3 Å². The summed E-state index contributed by atoms with van der Waals surface area (Å²) in [5.41, 5.74) is 2.08. The fraction of sp³-hybridized carbons (Fsp3) is 0.263. The van der Waals surface area contributed by atoms with Crippen LogP contribution in [0.2, 0.25) is 0 Å². The maximum atomic E-state index is 12.2. The molecule has 0 aliphatic heterocycles. The lowest BCUT2D eigenvalue weighted by molar-refractivity contribution is -0.0498. The third-order valence-corrected chi connectivity index (χ3v) is 3.71. The Bertz CT molecular complexity index is 807. The molecule has 0 amide bonds. The van der Waals surface area contributed by atoms with Crippen molar-refractivity contribution in [2.24, 2.45) is 0 Å². The van der Waals surface area contributed by atoms with Crippen LogP contribution >= 0.6 is 0 Å². The van der Waals surface area contributed by atoms with Crippen LogP contribution in [0.5, 0.6) is 5.75 Å². The van der Waals surface area contributed by atoms with Gasteiger partial charge in [0.2, 0.25) is 11.8 Å². The Hall–Kier alpha value is -2.80. The highest BCUT2D eigenvalue weighted by Gasteiger charge is 2.10. The van der Waals surface area contributed by atoms with Crippen molar-refractivity contribution in [2.45, 2.75) is 26.1 Å². The number of aromatic nitrogens is 2. The highest BCUT2D eigenvalue weighted by atomic mass is 19.3. The Morgan fingerprint density at radius 1 is 0.923 bits per heavy atom. The van der Waals surface area contributed by atoms with Crippen LogP contribution in [0, 0.1) is 0 Å². The molecule has 0 aliphatic rings. The summed E-state index contributed by atoms with van der Waals surface area (Å²) in [5.74, 6) is 1.26. The van der Waals surface area contributed by atoms with E-state index in [1.54, 1.807) is 12.1 Å². The first-order valence-electron chi connectivity index (χ1n) is 8.16. The van der Waals surface area contributed by atoms with Gasteiger partial charge in [0.15, 0.2) is 0 Å². The van der Waals surface area contributed by atoms with E-state index in [2.05, 4.69) is 14.9 Å². The van der Waals surface area contributed by atoms with E-state index in [9.17, 15) is 8.78 Å². The zero-order valence-corrected chi connectivity index (χ0v) is 14.3. The predicted molar refractivity (Wildman–Crippen MR) is 91.8 cm³/mol. The Kier molecular flexibility index (Phi) is 5.91. The van der Waals surface area contributed by atoms with Crippen molar-refractivity contribution in [1.29, 1.82) is 0 Å². The molecule has 3 aromatic rings. The van der Waals surface area contributed by atoms with Gasteiger partial charge in [0, 0.05) is 6.54 Å². The maximum absolute atomic E-state index is 12.2. The number of halogens is 2. The van der Waals surface area contributed by atoms with E-state index < -0.39 is 6.61 Å². The Morgan fingerprint density at radius 3 is 2.31 bits per heavy atom. The molecule has 0 unspecified atom stereocenters. The van der Waals surface area contributed by atoms with E-state index in [-0.39, 0.29) is 5.75 Å². The zero-order valence-electron chi connectivity index (χ0n) is 14.3. The molecular weight excluding hydrogens is 340 g/mol. The summed E-state index contributed by atoms with van der Waals surface area (Å²) in [6, 6.07) is 16.5. The van der Waals surface area contributed by atoms with E-state index in [0.717, 1.165) is 11.1 Å². The van der Waals surface area contributed by atoms with Crippen molar-refractivity contribution in [3.63, 3.8) is 0 Å². The Morgan fingerprint density at radius 2 is 1.62 bits per heavy atom. The Balaban J connectivity index is 1.52. The molecule has 1 heterocycles. The van der Waals surface area contributed by atoms with Crippen LogP contribution in [0.25, 0.3) is 0 Å². The smallest absolute Gasteiger partial charge is 0.387 e. The van der Waals surface area contributed by atoms with Gasteiger partial charge in [-0.05, 0) is 30.3 Å². The number of alkyl halides is 2. The van der Waals surface area contributed by atoms with Gasteiger partial charge in [0.05, 0.1) is 13.0 Å². The van der Waals surface area contributed by atoms with Gasteiger partial charge in [-0.1, -0.05) is 42.5 Å². The zero-order chi connectivity index (χ0) is 18.4. The first-order valence-corrected chi connectivity index (χ1v) is 8.16. The maximum Gasteiger partial charge on any atom is 0.387 e. The van der Waals surface area contributed by atoms with Crippen LogP contribution in [0.3, 0.4) is 0 Å². The largest absolute Gasteiger partial charge is 0.435 e. The van der Waals surface area contributed by atoms with E-state index in [4.69, 9.17) is 4.42 Å². The number of nitrogens with zero attached hydrogens (tertiary/aromatic N) is 3. The highest BCUT2D eigenvalue weighted by molar-refractivity contribution is 5.27. The molecule has 0 atom stereocenters. The summed E-state index contributed by atoms with van der Waals surface area (Å²) in [6.07, 6.45) is 0.600. The van der Waals surface area contributed by atoms with Crippen LogP contribution < -0.4 is 4.74 Å². The van der Waals surface area contributed by atoms with Crippen LogP contribution in [0.1, 0.15) is 22.9 Å². The summed E-state index contributed by atoms with van der Waals surface area (Å²) in [4.78, 5) is 2.00. The highest BCUT2D eigenvalue weighted by Crippen LogP contribution is 2.16. The lowest BCUT2D eigenvalue weighted by Gasteiger charge is -2.14. The van der Waals surface area contributed by atoms with Gasteiger partial charge >= 0.3 is 6.61 Å². The van der Waals surface area contributed by atoms with Crippen molar-refractivity contribution in [3.8, 4) is 5.75 Å². The number of benzene rings is 2. The van der Waals surface area contributed by atoms with Gasteiger partial charge < -0.3 is 9.15 Å². The summed E-state index contributed by atoms with van der Waals surface area (Å²) >= 11 is 0. The molecular formula is C19H19F2N3O2. The molecule has 2 aromatic carbocycles. The minimum Gasteiger partial charge on any atom is -0.435 e. The SMILES string of the molecule is CN(Cc1ccc(OC(F)F)cc1)Cc1nnc(Cc2ccccc2)o1. The number of ether oxygens (including phenoxy) is 1. The van der Waals surface area contributed by atoms with Gasteiger partial charge in [-0.15, -0.1) is 10.2 Å².